The van der Waals surface area contributed by atoms with Crippen LogP contribution in [0.25, 0.3) is 0 Å². The molecule has 3 nitrogen and oxygen atoms in total. The number of rotatable bonds is 2. The van der Waals surface area contributed by atoms with E-state index in [1.807, 2.05) is 18.2 Å². The molecule has 0 bridgehead atoms. The lowest BCUT2D eigenvalue weighted by Gasteiger charge is -2.18. The van der Waals surface area contributed by atoms with Crippen LogP contribution in [0, 0.1) is 0 Å². The van der Waals surface area contributed by atoms with Gasteiger partial charge in [-0.1, -0.05) is 41.0 Å². The number of thioether (sulfide) groups is 1. The molecule has 0 spiro atoms. The lowest BCUT2D eigenvalue weighted by Crippen LogP contribution is -2.18. The largest absolute Gasteiger partial charge is 0.360 e. The fourth-order valence-electron chi connectivity index (χ4n) is 1.85. The van der Waals surface area contributed by atoms with Crippen LogP contribution in [0.1, 0.15) is 0 Å². The zero-order chi connectivity index (χ0) is 14.8. The Balaban J connectivity index is 1.83. The second-order valence-corrected chi connectivity index (χ2v) is 6.32. The highest BCUT2D eigenvalue weighted by molar-refractivity contribution is 8.04. The molecule has 0 aromatic heterocycles. The number of nitrogens with one attached hydrogen (secondary N) is 2. The van der Waals surface area contributed by atoms with Crippen LogP contribution in [0.2, 0.25) is 10.0 Å². The predicted octanol–water partition coefficient (Wildman–Crippen LogP) is 4.99. The van der Waals surface area contributed by atoms with Gasteiger partial charge in [0.25, 0.3) is 5.91 Å². The number of halogens is 2. The lowest BCUT2D eigenvalue weighted by atomic mass is 10.3. The van der Waals surface area contributed by atoms with Crippen LogP contribution in [0.3, 0.4) is 0 Å². The number of amides is 1. The Morgan fingerprint density at radius 2 is 1.90 bits per heavy atom. The van der Waals surface area contributed by atoms with Gasteiger partial charge in [-0.15, -0.1) is 0 Å². The predicted molar refractivity (Wildman–Crippen MR) is 89.1 cm³/mol. The van der Waals surface area contributed by atoms with E-state index < -0.39 is 0 Å². The summed E-state index contributed by atoms with van der Waals surface area (Å²) < 4.78 is 0. The second kappa shape index (κ2) is 6.02. The maximum atomic E-state index is 12.0. The molecule has 1 aliphatic rings. The highest BCUT2D eigenvalue weighted by Gasteiger charge is 2.21. The molecule has 2 aromatic carbocycles. The monoisotopic (exact) mass is 336 g/mol. The maximum Gasteiger partial charge on any atom is 0.263 e. The van der Waals surface area contributed by atoms with Crippen LogP contribution in [0.4, 0.5) is 11.4 Å². The molecule has 2 N–H and O–H groups in total. The summed E-state index contributed by atoms with van der Waals surface area (Å²) in [4.78, 5) is 13.5. The van der Waals surface area contributed by atoms with Crippen LogP contribution >= 0.6 is 35.0 Å². The van der Waals surface area contributed by atoms with Gasteiger partial charge in [0, 0.05) is 26.8 Å². The third kappa shape index (κ3) is 3.35. The Morgan fingerprint density at radius 3 is 2.71 bits per heavy atom. The second-order valence-electron chi connectivity index (χ2n) is 4.36. The number of carbonyl (C=O) groups excluding carboxylic acids is 1. The summed E-state index contributed by atoms with van der Waals surface area (Å²) in [6.45, 7) is 0. The van der Waals surface area contributed by atoms with Gasteiger partial charge in [-0.2, -0.15) is 0 Å². The van der Waals surface area contributed by atoms with E-state index in [0.717, 1.165) is 16.3 Å². The van der Waals surface area contributed by atoms with Crippen LogP contribution in [-0.2, 0) is 4.79 Å². The van der Waals surface area contributed by atoms with Gasteiger partial charge < -0.3 is 10.6 Å². The van der Waals surface area contributed by atoms with Crippen molar-refractivity contribution in [3.63, 3.8) is 0 Å². The quantitative estimate of drug-likeness (QED) is 0.759. The van der Waals surface area contributed by atoms with Crippen molar-refractivity contribution in [1.29, 1.82) is 0 Å². The summed E-state index contributed by atoms with van der Waals surface area (Å²) in [6.07, 6.45) is 1.66. The average Bonchev–Trinajstić information content (AvgIpc) is 2.45. The zero-order valence-electron chi connectivity index (χ0n) is 10.7. The molecule has 21 heavy (non-hydrogen) atoms. The molecule has 6 heteroatoms. The van der Waals surface area contributed by atoms with Gasteiger partial charge in [0.2, 0.25) is 0 Å². The number of hydrogen-bond acceptors (Lipinski definition) is 3. The zero-order valence-corrected chi connectivity index (χ0v) is 13.0. The van der Waals surface area contributed by atoms with E-state index in [0.29, 0.717) is 15.0 Å². The maximum absolute atomic E-state index is 12.0. The van der Waals surface area contributed by atoms with E-state index >= 15 is 0 Å². The Morgan fingerprint density at radius 1 is 1.10 bits per heavy atom. The topological polar surface area (TPSA) is 41.1 Å². The van der Waals surface area contributed by atoms with E-state index in [-0.39, 0.29) is 5.91 Å². The summed E-state index contributed by atoms with van der Waals surface area (Å²) in [5, 5.41) is 7.18. The molecular formula is C15H10Cl2N2OS. The molecule has 0 saturated heterocycles. The van der Waals surface area contributed by atoms with Crippen molar-refractivity contribution in [2.75, 3.05) is 10.6 Å². The van der Waals surface area contributed by atoms with Gasteiger partial charge in [0.05, 0.1) is 10.6 Å². The molecule has 1 heterocycles. The van der Waals surface area contributed by atoms with E-state index in [1.165, 1.54) is 11.8 Å². The molecule has 106 valence electrons. The van der Waals surface area contributed by atoms with Crippen molar-refractivity contribution >= 4 is 52.2 Å². The smallest absolute Gasteiger partial charge is 0.263 e. The average molecular weight is 337 g/mol. The number of anilines is 2. The van der Waals surface area contributed by atoms with Crippen molar-refractivity contribution in [2.24, 2.45) is 0 Å². The minimum atomic E-state index is -0.149. The van der Waals surface area contributed by atoms with E-state index in [9.17, 15) is 4.79 Å². The fourth-order valence-corrected chi connectivity index (χ4v) is 3.20. The summed E-state index contributed by atoms with van der Waals surface area (Å²) >= 11 is 13.3. The van der Waals surface area contributed by atoms with Crippen molar-refractivity contribution < 1.29 is 4.79 Å². The molecule has 0 fully saturated rings. The van der Waals surface area contributed by atoms with Gasteiger partial charge >= 0.3 is 0 Å². The van der Waals surface area contributed by atoms with E-state index in [2.05, 4.69) is 10.6 Å². The van der Waals surface area contributed by atoms with Crippen molar-refractivity contribution in [3.8, 4) is 0 Å². The standard InChI is InChI=1S/C15H10Cl2N2OS/c16-9-2-1-3-11(6-9)18-8-14-15(20)19-12-5-4-10(17)7-13(12)21-14/h1-8,18H,(H,19,20)/b14-8+. The van der Waals surface area contributed by atoms with Crippen LogP contribution in [0.5, 0.6) is 0 Å². The first-order chi connectivity index (χ1) is 10.1. The SMILES string of the molecule is O=C1Nc2ccc(Cl)cc2S/C1=C/Nc1cccc(Cl)c1. The molecular weight excluding hydrogens is 327 g/mol. The Kier molecular flexibility index (Phi) is 4.10. The fraction of sp³-hybridized carbons (Fsp3) is 0. The van der Waals surface area contributed by atoms with E-state index in [4.69, 9.17) is 23.2 Å². The third-order valence-corrected chi connectivity index (χ3v) is 4.38. The molecule has 0 saturated carbocycles. The molecule has 0 aliphatic carbocycles. The normalized spacial score (nSPS) is 15.5. The van der Waals surface area contributed by atoms with E-state index in [1.54, 1.807) is 30.5 Å². The molecule has 3 rings (SSSR count). The Hall–Kier alpha value is -1.62. The van der Waals surface area contributed by atoms with Gasteiger partial charge in [-0.05, 0) is 36.4 Å². The summed E-state index contributed by atoms with van der Waals surface area (Å²) in [7, 11) is 0. The van der Waals surface area contributed by atoms with Crippen LogP contribution < -0.4 is 10.6 Å². The molecule has 1 amide bonds. The highest BCUT2D eigenvalue weighted by atomic mass is 35.5. The molecule has 0 unspecified atom stereocenters. The van der Waals surface area contributed by atoms with Gasteiger partial charge in [-0.3, -0.25) is 4.79 Å². The first-order valence-corrected chi connectivity index (χ1v) is 7.70. The van der Waals surface area contributed by atoms with Crippen molar-refractivity contribution in [1.82, 2.24) is 0 Å². The van der Waals surface area contributed by atoms with Crippen molar-refractivity contribution in [2.45, 2.75) is 4.90 Å². The first kappa shape index (κ1) is 14.3. The number of benzene rings is 2. The van der Waals surface area contributed by atoms with Gasteiger partial charge in [0.1, 0.15) is 0 Å². The van der Waals surface area contributed by atoms with Crippen LogP contribution in [-0.4, -0.2) is 5.91 Å². The molecule has 0 atom stereocenters. The number of fused-ring (bicyclic) bond motifs is 1. The Labute approximate surface area is 136 Å². The summed E-state index contributed by atoms with van der Waals surface area (Å²) in [5.74, 6) is -0.149. The number of hydrogen-bond donors (Lipinski definition) is 2. The van der Waals surface area contributed by atoms with Crippen molar-refractivity contribution in [3.05, 3.63) is 63.6 Å². The third-order valence-electron chi connectivity index (χ3n) is 2.83. The number of carbonyl (C=O) groups is 1. The Bertz CT molecular complexity index is 746. The first-order valence-electron chi connectivity index (χ1n) is 6.13. The molecule has 2 aromatic rings. The minimum absolute atomic E-state index is 0.149. The van der Waals surface area contributed by atoms with Gasteiger partial charge in [0.15, 0.2) is 0 Å². The van der Waals surface area contributed by atoms with Crippen LogP contribution in [0.15, 0.2) is 58.5 Å². The molecule has 1 aliphatic heterocycles. The van der Waals surface area contributed by atoms with Gasteiger partial charge in [-0.25, -0.2) is 0 Å². The summed E-state index contributed by atoms with van der Waals surface area (Å²) in [5.41, 5.74) is 1.59. The molecule has 0 radical (unpaired) electrons. The minimum Gasteiger partial charge on any atom is -0.360 e. The summed E-state index contributed by atoms with van der Waals surface area (Å²) in [6, 6.07) is 12.7. The highest BCUT2D eigenvalue weighted by Crippen LogP contribution is 2.39. The lowest BCUT2D eigenvalue weighted by molar-refractivity contribution is -0.112.